The lowest BCUT2D eigenvalue weighted by Crippen LogP contribution is -2.65. The van der Waals surface area contributed by atoms with E-state index in [0.717, 1.165) is 6.20 Å². The number of anilines is 2. The monoisotopic (exact) mass is 1080 g/mol. The number of carbonyl (C=O) groups is 4. The summed E-state index contributed by atoms with van der Waals surface area (Å²) in [6, 6.07) is 11.7. The summed E-state index contributed by atoms with van der Waals surface area (Å²) in [4.78, 5) is 88.3. The number of nitrogens with one attached hydrogen (secondary N) is 5. The molecule has 7 heterocycles. The number of rotatable bonds is 14. The molecule has 0 unspecified atom stereocenters. The quantitative estimate of drug-likeness (QED) is 0.0513. The molecule has 0 aliphatic carbocycles. The first-order chi connectivity index (χ1) is 37.0. The number of hydrogen-bond donors (Lipinski definition) is 9. The lowest BCUT2D eigenvalue weighted by Gasteiger charge is -2.47. The van der Waals surface area contributed by atoms with Gasteiger partial charge in [-0.2, -0.15) is 0 Å². The fraction of sp³-hybridized carbons (Fsp3) is 0.358. The van der Waals surface area contributed by atoms with E-state index in [2.05, 4.69) is 25.6 Å². The number of amides is 2. The Morgan fingerprint density at radius 3 is 1.42 bits per heavy atom. The molecule has 2 aliphatic heterocycles. The fourth-order valence-corrected chi connectivity index (χ4v) is 9.69. The number of aliphatic hydroxyl groups excluding tert-OH is 2. The highest BCUT2D eigenvalue weighted by molar-refractivity contribution is 6.12. The molecule has 412 valence electrons. The van der Waals surface area contributed by atoms with Crippen LogP contribution in [0.15, 0.2) is 85.5 Å². The number of aliphatic hydroxyl groups is 2. The number of benzene rings is 2. The standard InChI is InChI=1S/C53H55N5O20/c1-21-26(44(63)57-32-34(59)24-14-16-29(22(2)38(24)73-48(32)67)71-50-36(61)40(42(69-8)52(4,5)77-50)75-46(65)27-12-10-18-54-27)20-56-31(21)45(64)58-33-35(60)25-15-17-30(23(3)39(25)74-49(33)68)72-51-37(62)41(43(70-9)53(6,7)78-51)76-47(66)28-13-11-19-55-28/h10-20,36-37,40-43,50-51,54-56,59-62H,1-9H3,(H,57,63)(H,58,64)/t36-,37-,40+,41+,42+,43+,50-,51-/m1/s1. The summed E-state index contributed by atoms with van der Waals surface area (Å²) in [6.07, 6.45) is -6.24. The van der Waals surface area contributed by atoms with Crippen molar-refractivity contribution in [3.63, 3.8) is 0 Å². The Labute approximate surface area is 441 Å². The normalized spacial score (nSPS) is 22.7. The zero-order valence-electron chi connectivity index (χ0n) is 43.3. The maximum Gasteiger partial charge on any atom is 0.364 e. The average Bonchev–Trinajstić information content (AvgIpc) is 4.23. The highest BCUT2D eigenvalue weighted by atomic mass is 16.7. The summed E-state index contributed by atoms with van der Waals surface area (Å²) in [6.45, 7) is 11.0. The summed E-state index contributed by atoms with van der Waals surface area (Å²) < 4.78 is 58.1. The molecule has 9 N–H and O–H groups in total. The van der Waals surface area contributed by atoms with Crippen LogP contribution in [0.25, 0.3) is 21.9 Å². The molecule has 0 bridgehead atoms. The van der Waals surface area contributed by atoms with E-state index < -0.39 is 118 Å². The molecule has 25 nitrogen and oxygen atoms in total. The molecule has 2 amide bonds. The molecule has 8 atom stereocenters. The summed E-state index contributed by atoms with van der Waals surface area (Å²) >= 11 is 0. The largest absolute Gasteiger partial charge is 0.505 e. The highest BCUT2D eigenvalue weighted by Gasteiger charge is 2.55. The first-order valence-electron chi connectivity index (χ1n) is 24.1. The van der Waals surface area contributed by atoms with E-state index in [9.17, 15) is 49.2 Å². The predicted molar refractivity (Wildman–Crippen MR) is 272 cm³/mol. The Kier molecular flexibility index (Phi) is 14.5. The Morgan fingerprint density at radius 1 is 0.603 bits per heavy atom. The van der Waals surface area contributed by atoms with Crippen molar-refractivity contribution in [1.82, 2.24) is 15.0 Å². The van der Waals surface area contributed by atoms with Gasteiger partial charge in [0.2, 0.25) is 12.6 Å². The maximum absolute atomic E-state index is 13.7. The van der Waals surface area contributed by atoms with Gasteiger partial charge in [-0.25, -0.2) is 19.2 Å². The van der Waals surface area contributed by atoms with Crippen molar-refractivity contribution in [2.75, 3.05) is 24.9 Å². The topological polar surface area (TPSA) is 355 Å². The molecule has 9 rings (SSSR count). The maximum atomic E-state index is 13.7. The van der Waals surface area contributed by atoms with Gasteiger partial charge in [-0.3, -0.25) is 9.59 Å². The Hall–Kier alpha value is -8.46. The first-order valence-corrected chi connectivity index (χ1v) is 24.1. The first kappa shape index (κ1) is 54.3. The number of aromatic hydroxyl groups is 2. The van der Waals surface area contributed by atoms with Crippen LogP contribution in [0, 0.1) is 20.8 Å². The number of ether oxygens (including phenoxy) is 8. The second-order valence-corrected chi connectivity index (χ2v) is 19.6. The second-order valence-electron chi connectivity index (χ2n) is 19.6. The minimum absolute atomic E-state index is 0.0245. The zero-order valence-corrected chi connectivity index (χ0v) is 43.3. The van der Waals surface area contributed by atoms with Crippen molar-refractivity contribution < 1.29 is 86.3 Å². The van der Waals surface area contributed by atoms with E-state index in [0.29, 0.717) is 0 Å². The number of carbonyl (C=O) groups excluding carboxylic acids is 4. The van der Waals surface area contributed by atoms with Crippen LogP contribution in [-0.4, -0.2) is 134 Å². The van der Waals surface area contributed by atoms with Crippen molar-refractivity contribution in [2.45, 2.75) is 109 Å². The smallest absolute Gasteiger partial charge is 0.364 e. The molecule has 2 aliphatic rings. The highest BCUT2D eigenvalue weighted by Crippen LogP contribution is 2.41. The number of aryl methyl sites for hydroxylation is 2. The summed E-state index contributed by atoms with van der Waals surface area (Å²) in [7, 11) is 2.75. The van der Waals surface area contributed by atoms with Gasteiger partial charge in [0.05, 0.1) is 27.5 Å². The van der Waals surface area contributed by atoms with Gasteiger partial charge in [0.1, 0.15) is 52.0 Å². The molecule has 78 heavy (non-hydrogen) atoms. The van der Waals surface area contributed by atoms with Crippen LogP contribution in [0.3, 0.4) is 0 Å². The van der Waals surface area contributed by atoms with E-state index in [4.69, 9.17) is 46.7 Å². The van der Waals surface area contributed by atoms with E-state index in [1.807, 2.05) is 0 Å². The van der Waals surface area contributed by atoms with Crippen molar-refractivity contribution in [1.29, 1.82) is 0 Å². The van der Waals surface area contributed by atoms with Gasteiger partial charge in [0.15, 0.2) is 47.3 Å². The number of esters is 2. The lowest BCUT2D eigenvalue weighted by molar-refractivity contribution is -0.305. The minimum atomic E-state index is -1.59. The average molecular weight is 1080 g/mol. The van der Waals surface area contributed by atoms with Crippen LogP contribution < -0.4 is 31.4 Å². The second kappa shape index (κ2) is 20.8. The van der Waals surface area contributed by atoms with Crippen LogP contribution in [0.2, 0.25) is 0 Å². The Balaban J connectivity index is 0.892. The van der Waals surface area contributed by atoms with E-state index in [1.54, 1.807) is 39.8 Å². The lowest BCUT2D eigenvalue weighted by atomic mass is 9.89. The van der Waals surface area contributed by atoms with Gasteiger partial charge in [-0.1, -0.05) is 0 Å². The third-order valence-electron chi connectivity index (χ3n) is 13.7. The van der Waals surface area contributed by atoms with Gasteiger partial charge >= 0.3 is 23.2 Å². The number of aromatic nitrogens is 3. The molecule has 0 saturated carbocycles. The SMILES string of the molecule is CO[C@H]1[C@@H](OC(=O)c2ccc[nH]2)[C@@H](O)[C@H](Oc2ccc3c(O)c(NC(=O)c4c[nH]c(C(=O)Nc5c(O)c6ccc(O[C@@H]7OC(C)(C)[C@@H](OC)[C@@H](OC(=O)c8ccc[nH]8)[C@H]7O)c(C)c6oc5=O)c4C)c(=O)oc3c2C)OC1(C)C. The summed E-state index contributed by atoms with van der Waals surface area (Å²) in [5.41, 5.74) is -6.05. The Bertz CT molecular complexity index is 3350. The number of methoxy groups -OCH3 is 2. The van der Waals surface area contributed by atoms with Crippen molar-refractivity contribution in [3.8, 4) is 23.0 Å². The van der Waals surface area contributed by atoms with Gasteiger partial charge in [-0.15, -0.1) is 0 Å². The molecule has 0 spiro atoms. The molecule has 0 radical (unpaired) electrons. The fourth-order valence-electron chi connectivity index (χ4n) is 9.69. The van der Waals surface area contributed by atoms with E-state index >= 15 is 0 Å². The molecule has 25 heteroatoms. The Morgan fingerprint density at radius 2 is 1.03 bits per heavy atom. The van der Waals surface area contributed by atoms with Crippen molar-refractivity contribution >= 4 is 57.1 Å². The van der Waals surface area contributed by atoms with Crippen molar-refractivity contribution in [3.05, 3.63) is 127 Å². The molecule has 2 saturated heterocycles. The van der Waals surface area contributed by atoms with Crippen LogP contribution in [0.5, 0.6) is 23.0 Å². The van der Waals surface area contributed by atoms with Crippen LogP contribution in [0.4, 0.5) is 11.4 Å². The van der Waals surface area contributed by atoms with Crippen molar-refractivity contribution in [2.24, 2.45) is 0 Å². The van der Waals surface area contributed by atoms with Crippen LogP contribution >= 0.6 is 0 Å². The van der Waals surface area contributed by atoms with Gasteiger partial charge in [-0.05, 0) is 103 Å². The van der Waals surface area contributed by atoms with Crippen LogP contribution in [0.1, 0.15) is 86.2 Å². The zero-order chi connectivity index (χ0) is 56.3. The summed E-state index contributed by atoms with van der Waals surface area (Å²) in [5, 5.41) is 50.2. The predicted octanol–water partition coefficient (Wildman–Crippen LogP) is 4.96. The van der Waals surface area contributed by atoms with Gasteiger partial charge < -0.3 is 92.7 Å². The third kappa shape index (κ3) is 9.82. The van der Waals surface area contributed by atoms with Gasteiger partial charge in [0, 0.05) is 43.9 Å². The molecular formula is C53H55N5O20. The number of hydrogen-bond acceptors (Lipinski definition) is 20. The molecule has 7 aromatic rings. The summed E-state index contributed by atoms with van der Waals surface area (Å²) in [5.74, 6) is -4.73. The molecule has 5 aromatic heterocycles. The van der Waals surface area contributed by atoms with Gasteiger partial charge in [0.25, 0.3) is 11.8 Å². The third-order valence-corrected chi connectivity index (χ3v) is 13.7. The minimum Gasteiger partial charge on any atom is -0.505 e. The van der Waals surface area contributed by atoms with Crippen LogP contribution in [-0.2, 0) is 28.4 Å². The molecular weight excluding hydrogens is 1030 g/mol. The molecule has 2 fully saturated rings. The number of aromatic amines is 3. The number of H-pyrrole nitrogens is 3. The van der Waals surface area contributed by atoms with E-state index in [-0.39, 0.29) is 72.8 Å². The number of fused-ring (bicyclic) bond motifs is 2. The molecule has 2 aromatic carbocycles. The van der Waals surface area contributed by atoms with E-state index in [1.165, 1.54) is 83.8 Å².